The van der Waals surface area contributed by atoms with Crippen molar-refractivity contribution in [3.8, 4) is 0 Å². The summed E-state index contributed by atoms with van der Waals surface area (Å²) in [6.45, 7) is 0. The minimum absolute atomic E-state index is 0.704. The first-order valence-electron chi connectivity index (χ1n) is 5.89. The summed E-state index contributed by atoms with van der Waals surface area (Å²) in [5.74, 6) is 0. The average Bonchev–Trinajstić information content (AvgIpc) is 2.40. The topological polar surface area (TPSA) is 64.1 Å². The molecule has 1 heterocycles. The van der Waals surface area contributed by atoms with Crippen LogP contribution in [0.5, 0.6) is 0 Å². The maximum absolute atomic E-state index is 6.42. The molecule has 0 spiro atoms. The number of nitrogens with one attached hydrogen (secondary N) is 1. The number of anilines is 1. The standard InChI is InChI=1S/C15H15N3/c16-13-10-15(17,11-6-2-1-3-7-11)18-14-9-5-4-8-12(13)14/h1-10,18H,16-17H2. The molecular weight excluding hydrogens is 222 g/mol. The van der Waals surface area contributed by atoms with Gasteiger partial charge in [-0.25, -0.2) is 0 Å². The molecule has 1 unspecified atom stereocenters. The van der Waals surface area contributed by atoms with Crippen LogP contribution in [0, 0.1) is 0 Å². The first-order valence-corrected chi connectivity index (χ1v) is 5.89. The van der Waals surface area contributed by atoms with Crippen LogP contribution in [-0.4, -0.2) is 0 Å². The Balaban J connectivity index is 2.11. The van der Waals surface area contributed by atoms with Crippen LogP contribution in [0.25, 0.3) is 5.70 Å². The SMILES string of the molecule is NC1=CC(N)(c2ccccc2)Nc2ccccc21. The fourth-order valence-corrected chi connectivity index (χ4v) is 2.30. The highest BCUT2D eigenvalue weighted by Gasteiger charge is 2.29. The molecule has 0 aromatic heterocycles. The molecule has 1 aliphatic rings. The lowest BCUT2D eigenvalue weighted by atomic mass is 9.92. The zero-order chi connectivity index (χ0) is 12.6. The molecule has 2 aromatic rings. The second-order valence-electron chi connectivity index (χ2n) is 4.51. The van der Waals surface area contributed by atoms with Crippen molar-refractivity contribution in [2.24, 2.45) is 11.5 Å². The maximum Gasteiger partial charge on any atom is 0.134 e. The molecular formula is C15H15N3. The van der Waals surface area contributed by atoms with E-state index in [0.717, 1.165) is 16.8 Å². The van der Waals surface area contributed by atoms with Gasteiger partial charge in [-0.05, 0) is 17.7 Å². The average molecular weight is 237 g/mol. The Labute approximate surface area is 106 Å². The Morgan fingerprint density at radius 3 is 2.33 bits per heavy atom. The first-order chi connectivity index (χ1) is 8.69. The summed E-state index contributed by atoms with van der Waals surface area (Å²) >= 11 is 0. The van der Waals surface area contributed by atoms with Gasteiger partial charge in [0.05, 0.1) is 0 Å². The van der Waals surface area contributed by atoms with Crippen LogP contribution >= 0.6 is 0 Å². The van der Waals surface area contributed by atoms with Gasteiger partial charge in [-0.2, -0.15) is 0 Å². The van der Waals surface area contributed by atoms with Crippen LogP contribution in [0.3, 0.4) is 0 Å². The number of hydrogen-bond donors (Lipinski definition) is 3. The van der Waals surface area contributed by atoms with E-state index in [0.29, 0.717) is 5.70 Å². The van der Waals surface area contributed by atoms with Gasteiger partial charge >= 0.3 is 0 Å². The summed E-state index contributed by atoms with van der Waals surface area (Å²) in [4.78, 5) is 0. The van der Waals surface area contributed by atoms with Gasteiger partial charge in [0, 0.05) is 16.9 Å². The van der Waals surface area contributed by atoms with E-state index in [4.69, 9.17) is 11.5 Å². The van der Waals surface area contributed by atoms with Gasteiger partial charge < -0.3 is 16.8 Å². The van der Waals surface area contributed by atoms with Crippen LogP contribution in [0.2, 0.25) is 0 Å². The molecule has 0 radical (unpaired) electrons. The van der Waals surface area contributed by atoms with Crippen LogP contribution in [-0.2, 0) is 5.66 Å². The molecule has 18 heavy (non-hydrogen) atoms. The molecule has 1 atom stereocenters. The molecule has 3 rings (SSSR count). The summed E-state index contributed by atoms with van der Waals surface area (Å²) < 4.78 is 0. The number of hydrogen-bond acceptors (Lipinski definition) is 3. The minimum Gasteiger partial charge on any atom is -0.398 e. The summed E-state index contributed by atoms with van der Waals surface area (Å²) in [6, 6.07) is 17.8. The summed E-state index contributed by atoms with van der Waals surface area (Å²) in [6.07, 6.45) is 1.87. The van der Waals surface area contributed by atoms with E-state index in [2.05, 4.69) is 5.32 Å². The summed E-state index contributed by atoms with van der Waals surface area (Å²) in [5.41, 5.74) is 15.4. The summed E-state index contributed by atoms with van der Waals surface area (Å²) in [5, 5.41) is 3.34. The Morgan fingerprint density at radius 2 is 1.56 bits per heavy atom. The van der Waals surface area contributed by atoms with E-state index < -0.39 is 5.66 Å². The number of fused-ring (bicyclic) bond motifs is 1. The van der Waals surface area contributed by atoms with Gasteiger partial charge in [-0.3, -0.25) is 0 Å². The van der Waals surface area contributed by atoms with Crippen molar-refractivity contribution in [3.05, 3.63) is 71.8 Å². The lowest BCUT2D eigenvalue weighted by molar-refractivity contribution is 0.644. The molecule has 0 aliphatic carbocycles. The van der Waals surface area contributed by atoms with Gasteiger partial charge in [0.2, 0.25) is 0 Å². The molecule has 3 nitrogen and oxygen atoms in total. The zero-order valence-corrected chi connectivity index (χ0v) is 9.93. The molecule has 90 valence electrons. The fourth-order valence-electron chi connectivity index (χ4n) is 2.30. The molecule has 0 fully saturated rings. The molecule has 0 saturated heterocycles. The van der Waals surface area contributed by atoms with Gasteiger partial charge in [0.25, 0.3) is 0 Å². The maximum atomic E-state index is 6.42. The van der Waals surface area contributed by atoms with Gasteiger partial charge in [0.1, 0.15) is 5.66 Å². The second kappa shape index (κ2) is 3.89. The third-order valence-electron chi connectivity index (χ3n) is 3.21. The zero-order valence-electron chi connectivity index (χ0n) is 9.93. The Hall–Kier alpha value is -2.26. The van der Waals surface area contributed by atoms with E-state index in [1.807, 2.05) is 60.7 Å². The predicted octanol–water partition coefficient (Wildman–Crippen LogP) is 2.22. The third kappa shape index (κ3) is 1.65. The van der Waals surface area contributed by atoms with Crippen molar-refractivity contribution >= 4 is 11.4 Å². The molecule has 1 aliphatic heterocycles. The van der Waals surface area contributed by atoms with Crippen molar-refractivity contribution in [2.75, 3.05) is 5.32 Å². The van der Waals surface area contributed by atoms with Gasteiger partial charge in [-0.15, -0.1) is 0 Å². The Kier molecular flexibility index (Phi) is 2.35. The minimum atomic E-state index is -0.750. The molecule has 2 aromatic carbocycles. The highest BCUT2D eigenvalue weighted by atomic mass is 15.1. The van der Waals surface area contributed by atoms with Crippen molar-refractivity contribution in [1.82, 2.24) is 0 Å². The van der Waals surface area contributed by atoms with E-state index in [1.54, 1.807) is 0 Å². The highest BCUT2D eigenvalue weighted by molar-refractivity contribution is 5.79. The fraction of sp³-hybridized carbons (Fsp3) is 0.0667. The monoisotopic (exact) mass is 237 g/mol. The van der Waals surface area contributed by atoms with Crippen LogP contribution in [0.15, 0.2) is 60.7 Å². The second-order valence-corrected chi connectivity index (χ2v) is 4.51. The van der Waals surface area contributed by atoms with Crippen molar-refractivity contribution in [2.45, 2.75) is 5.66 Å². The molecule has 0 bridgehead atoms. The van der Waals surface area contributed by atoms with Crippen LogP contribution < -0.4 is 16.8 Å². The smallest absolute Gasteiger partial charge is 0.134 e. The lowest BCUT2D eigenvalue weighted by Crippen LogP contribution is -2.45. The third-order valence-corrected chi connectivity index (χ3v) is 3.21. The normalized spacial score (nSPS) is 21.7. The van der Waals surface area contributed by atoms with Crippen molar-refractivity contribution < 1.29 is 0 Å². The van der Waals surface area contributed by atoms with Crippen LogP contribution in [0.4, 0.5) is 5.69 Å². The Morgan fingerprint density at radius 1 is 0.889 bits per heavy atom. The number of benzene rings is 2. The van der Waals surface area contributed by atoms with E-state index in [-0.39, 0.29) is 0 Å². The predicted molar refractivity (Wildman–Crippen MR) is 74.5 cm³/mol. The highest BCUT2D eigenvalue weighted by Crippen LogP contribution is 2.33. The van der Waals surface area contributed by atoms with E-state index in [9.17, 15) is 0 Å². The van der Waals surface area contributed by atoms with E-state index >= 15 is 0 Å². The Bertz CT molecular complexity index is 604. The lowest BCUT2D eigenvalue weighted by Gasteiger charge is -2.34. The molecule has 5 N–H and O–H groups in total. The summed E-state index contributed by atoms with van der Waals surface area (Å²) in [7, 11) is 0. The molecule has 3 heteroatoms. The van der Waals surface area contributed by atoms with Crippen molar-refractivity contribution in [3.63, 3.8) is 0 Å². The molecule has 0 saturated carbocycles. The van der Waals surface area contributed by atoms with Gasteiger partial charge in [-0.1, -0.05) is 48.5 Å². The number of para-hydroxylation sites is 1. The first kappa shape index (κ1) is 10.9. The van der Waals surface area contributed by atoms with Crippen molar-refractivity contribution in [1.29, 1.82) is 0 Å². The van der Waals surface area contributed by atoms with Crippen LogP contribution in [0.1, 0.15) is 11.1 Å². The molecule has 0 amide bonds. The van der Waals surface area contributed by atoms with E-state index in [1.165, 1.54) is 0 Å². The largest absolute Gasteiger partial charge is 0.398 e. The quantitative estimate of drug-likeness (QED) is 0.712. The number of nitrogens with two attached hydrogens (primary N) is 2. The number of rotatable bonds is 1. The van der Waals surface area contributed by atoms with Gasteiger partial charge in [0.15, 0.2) is 0 Å².